The Balaban J connectivity index is 1.19. The molecule has 6 nitrogen and oxygen atoms in total. The third-order valence-electron chi connectivity index (χ3n) is 6.32. The van der Waals surface area contributed by atoms with Gasteiger partial charge in [-0.15, -0.1) is 0 Å². The number of hydrogen-bond acceptors (Lipinski definition) is 5. The summed E-state index contributed by atoms with van der Waals surface area (Å²) in [6, 6.07) is 17.5. The van der Waals surface area contributed by atoms with Gasteiger partial charge in [-0.3, -0.25) is 19.4 Å². The van der Waals surface area contributed by atoms with Gasteiger partial charge in [0.25, 0.3) is 0 Å². The second kappa shape index (κ2) is 8.03. The van der Waals surface area contributed by atoms with Crippen LogP contribution in [-0.2, 0) is 16.0 Å². The fourth-order valence-electron chi connectivity index (χ4n) is 4.59. The molecular formula is C24H25N3O3. The van der Waals surface area contributed by atoms with Crippen LogP contribution in [0.2, 0.25) is 0 Å². The Morgan fingerprint density at radius 3 is 2.47 bits per heavy atom. The largest absolute Gasteiger partial charge is 0.440 e. The third-order valence-corrected chi connectivity index (χ3v) is 6.32. The van der Waals surface area contributed by atoms with Crippen LogP contribution in [0.15, 0.2) is 59.0 Å². The zero-order valence-electron chi connectivity index (χ0n) is 16.9. The predicted molar refractivity (Wildman–Crippen MR) is 113 cm³/mol. The molecular weight excluding hydrogens is 378 g/mol. The Labute approximate surface area is 175 Å². The molecule has 3 heterocycles. The summed E-state index contributed by atoms with van der Waals surface area (Å²) in [5, 5.41) is 0. The van der Waals surface area contributed by atoms with Crippen molar-refractivity contribution in [2.75, 3.05) is 19.6 Å². The average molecular weight is 403 g/mol. The molecule has 0 radical (unpaired) electrons. The van der Waals surface area contributed by atoms with Gasteiger partial charge in [0.05, 0.1) is 12.5 Å². The Bertz CT molecular complexity index is 1020. The minimum atomic E-state index is -0.321. The minimum Gasteiger partial charge on any atom is -0.440 e. The van der Waals surface area contributed by atoms with E-state index in [9.17, 15) is 9.59 Å². The van der Waals surface area contributed by atoms with E-state index in [1.807, 2.05) is 54.6 Å². The highest BCUT2D eigenvalue weighted by Gasteiger charge is 2.42. The number of benzene rings is 2. The lowest BCUT2D eigenvalue weighted by atomic mass is 9.95. The van der Waals surface area contributed by atoms with Crippen LogP contribution in [0, 0.1) is 0 Å². The molecule has 1 unspecified atom stereocenters. The smallest absolute Gasteiger partial charge is 0.247 e. The summed E-state index contributed by atoms with van der Waals surface area (Å²) < 4.78 is 5.94. The topological polar surface area (TPSA) is 66.7 Å². The number of para-hydroxylation sites is 2. The van der Waals surface area contributed by atoms with Crippen molar-refractivity contribution in [2.24, 2.45) is 0 Å². The van der Waals surface area contributed by atoms with Gasteiger partial charge in [-0.05, 0) is 50.0 Å². The molecule has 5 rings (SSSR count). The molecule has 1 atom stereocenters. The highest BCUT2D eigenvalue weighted by Crippen LogP contribution is 2.32. The highest BCUT2D eigenvalue weighted by atomic mass is 16.3. The van der Waals surface area contributed by atoms with Crippen molar-refractivity contribution in [3.05, 3.63) is 66.1 Å². The van der Waals surface area contributed by atoms with Crippen molar-refractivity contribution in [3.8, 4) is 0 Å². The van der Waals surface area contributed by atoms with Crippen molar-refractivity contribution < 1.29 is 14.0 Å². The molecule has 0 bridgehead atoms. The standard InChI is InChI=1S/C24H25N3O3/c28-22-16-20(24(29)27(22)15-10-17-6-2-1-3-7-17)26-13-11-18(12-14-26)23-25-19-8-4-5-9-21(19)30-23/h1-9,18,20H,10-16H2. The fraction of sp³-hybridized carbons (Fsp3) is 0.375. The van der Waals surface area contributed by atoms with E-state index in [4.69, 9.17) is 4.42 Å². The molecule has 2 aliphatic rings. The molecule has 0 aliphatic carbocycles. The van der Waals surface area contributed by atoms with Crippen molar-refractivity contribution in [3.63, 3.8) is 0 Å². The molecule has 0 N–H and O–H groups in total. The number of fused-ring (bicyclic) bond motifs is 1. The maximum atomic E-state index is 12.9. The first kappa shape index (κ1) is 19.0. The number of likely N-dealkylation sites (tertiary alicyclic amines) is 2. The molecule has 2 saturated heterocycles. The lowest BCUT2D eigenvalue weighted by Gasteiger charge is -2.33. The number of piperidine rings is 1. The van der Waals surface area contributed by atoms with E-state index in [1.165, 1.54) is 4.90 Å². The molecule has 3 aromatic rings. The van der Waals surface area contributed by atoms with Gasteiger partial charge < -0.3 is 4.42 Å². The van der Waals surface area contributed by atoms with Crippen molar-refractivity contribution in [1.29, 1.82) is 0 Å². The van der Waals surface area contributed by atoms with Crippen LogP contribution >= 0.6 is 0 Å². The second-order valence-corrected chi connectivity index (χ2v) is 8.17. The second-order valence-electron chi connectivity index (χ2n) is 8.17. The van der Waals surface area contributed by atoms with Gasteiger partial charge >= 0.3 is 0 Å². The molecule has 2 fully saturated rings. The third kappa shape index (κ3) is 3.63. The lowest BCUT2D eigenvalue weighted by molar-refractivity contribution is -0.139. The van der Waals surface area contributed by atoms with Crippen molar-refractivity contribution >= 4 is 22.9 Å². The Morgan fingerprint density at radius 1 is 0.967 bits per heavy atom. The van der Waals surface area contributed by atoms with Gasteiger partial charge in [0.15, 0.2) is 11.5 Å². The van der Waals surface area contributed by atoms with Crippen molar-refractivity contribution in [2.45, 2.75) is 37.6 Å². The minimum absolute atomic E-state index is 0.0451. The molecule has 154 valence electrons. The molecule has 0 spiro atoms. The summed E-state index contributed by atoms with van der Waals surface area (Å²) >= 11 is 0. The highest BCUT2D eigenvalue weighted by molar-refractivity contribution is 6.05. The van der Waals surface area contributed by atoms with E-state index in [2.05, 4.69) is 9.88 Å². The first-order valence-electron chi connectivity index (χ1n) is 10.7. The normalized spacial score (nSPS) is 21.1. The van der Waals surface area contributed by atoms with Gasteiger partial charge in [-0.25, -0.2) is 4.98 Å². The van der Waals surface area contributed by atoms with Gasteiger partial charge in [-0.2, -0.15) is 0 Å². The molecule has 2 amide bonds. The first-order valence-corrected chi connectivity index (χ1v) is 10.7. The van der Waals surface area contributed by atoms with Crippen LogP contribution in [0.25, 0.3) is 11.1 Å². The lowest BCUT2D eigenvalue weighted by Crippen LogP contribution is -2.45. The molecule has 6 heteroatoms. The summed E-state index contributed by atoms with van der Waals surface area (Å²) in [6.07, 6.45) is 2.76. The fourth-order valence-corrected chi connectivity index (χ4v) is 4.59. The molecule has 0 saturated carbocycles. The number of carbonyl (C=O) groups is 2. The average Bonchev–Trinajstić information content (AvgIpc) is 3.34. The maximum Gasteiger partial charge on any atom is 0.247 e. The molecule has 2 aliphatic heterocycles. The Hall–Kier alpha value is -2.99. The monoisotopic (exact) mass is 403 g/mol. The zero-order chi connectivity index (χ0) is 20.5. The Kier molecular flexibility index (Phi) is 5.09. The SMILES string of the molecule is O=C1CC(N2CCC(c3nc4ccccc4o3)CC2)C(=O)N1CCc1ccccc1. The van der Waals surface area contributed by atoms with Crippen molar-refractivity contribution in [1.82, 2.24) is 14.8 Å². The number of carbonyl (C=O) groups excluding carboxylic acids is 2. The van der Waals surface area contributed by atoms with Gasteiger partial charge in [-0.1, -0.05) is 42.5 Å². The molecule has 30 heavy (non-hydrogen) atoms. The molecule has 1 aromatic heterocycles. The van der Waals surface area contributed by atoms with Crippen LogP contribution < -0.4 is 0 Å². The van der Waals surface area contributed by atoms with E-state index < -0.39 is 0 Å². The number of oxazole rings is 1. The van der Waals surface area contributed by atoms with Crippen LogP contribution in [0.1, 0.15) is 36.6 Å². The summed E-state index contributed by atoms with van der Waals surface area (Å²) in [5.74, 6) is 0.947. The summed E-state index contributed by atoms with van der Waals surface area (Å²) in [5.41, 5.74) is 2.85. The van der Waals surface area contributed by atoms with E-state index >= 15 is 0 Å². The van der Waals surface area contributed by atoms with Crippen LogP contribution in [-0.4, -0.2) is 52.3 Å². The van der Waals surface area contributed by atoms with E-state index in [-0.39, 0.29) is 23.8 Å². The number of amides is 2. The summed E-state index contributed by atoms with van der Waals surface area (Å²) in [7, 11) is 0. The van der Waals surface area contributed by atoms with Gasteiger partial charge in [0.1, 0.15) is 5.52 Å². The van der Waals surface area contributed by atoms with Gasteiger partial charge in [0, 0.05) is 12.5 Å². The number of rotatable bonds is 5. The number of aromatic nitrogens is 1. The quantitative estimate of drug-likeness (QED) is 0.611. The maximum absolute atomic E-state index is 12.9. The predicted octanol–water partition coefficient (Wildman–Crippen LogP) is 3.38. The molecule has 2 aromatic carbocycles. The van der Waals surface area contributed by atoms with Crippen LogP contribution in [0.3, 0.4) is 0 Å². The Morgan fingerprint density at radius 2 is 1.70 bits per heavy atom. The number of imide groups is 1. The zero-order valence-corrected chi connectivity index (χ0v) is 16.9. The number of nitrogens with zero attached hydrogens (tertiary/aromatic N) is 3. The van der Waals surface area contributed by atoms with E-state index in [1.54, 1.807) is 0 Å². The van der Waals surface area contributed by atoms with Crippen LogP contribution in [0.5, 0.6) is 0 Å². The first-order chi connectivity index (χ1) is 14.7. The van der Waals surface area contributed by atoms with Gasteiger partial charge in [0.2, 0.25) is 11.8 Å². The van der Waals surface area contributed by atoms with E-state index in [0.29, 0.717) is 19.4 Å². The van der Waals surface area contributed by atoms with Crippen LogP contribution in [0.4, 0.5) is 0 Å². The van der Waals surface area contributed by atoms with E-state index in [0.717, 1.165) is 48.5 Å². The summed E-state index contributed by atoms with van der Waals surface area (Å²) in [6.45, 7) is 2.01. The number of hydrogen-bond donors (Lipinski definition) is 0. The summed E-state index contributed by atoms with van der Waals surface area (Å²) in [4.78, 5) is 33.7.